The van der Waals surface area contributed by atoms with Gasteiger partial charge in [0.2, 0.25) is 5.91 Å². The Morgan fingerprint density at radius 2 is 1.88 bits per heavy atom. The fourth-order valence-electron chi connectivity index (χ4n) is 2.96. The second-order valence-electron chi connectivity index (χ2n) is 6.79. The van der Waals surface area contributed by atoms with E-state index in [0.29, 0.717) is 0 Å². The Bertz CT molecular complexity index is 925. The highest BCUT2D eigenvalue weighted by Crippen LogP contribution is 2.32. The topological polar surface area (TPSA) is 44.9 Å². The molecule has 0 aliphatic carbocycles. The molecule has 1 heterocycles. The molecule has 3 rings (SSSR count). The van der Waals surface area contributed by atoms with Crippen molar-refractivity contribution in [1.29, 1.82) is 0 Å². The number of rotatable bonds is 3. The number of halogens is 1. The first kappa shape index (κ1) is 16.2. The molecule has 0 bridgehead atoms. The standard InChI is InChI=1S/C20H21FN2O/c1-12-5-7-17(13(2)9-12)23-19(24)20(3,4)16-11-22-18-8-6-14(21)10-15(16)18/h5-11,22H,1-4H3,(H,23,24). The molecule has 2 N–H and O–H groups in total. The fourth-order valence-corrected chi connectivity index (χ4v) is 2.96. The van der Waals surface area contributed by atoms with Crippen LogP contribution in [0.4, 0.5) is 10.1 Å². The smallest absolute Gasteiger partial charge is 0.234 e. The Kier molecular flexibility index (Phi) is 3.91. The van der Waals surface area contributed by atoms with Crippen molar-refractivity contribution in [3.05, 3.63) is 65.1 Å². The molecule has 0 atom stereocenters. The second-order valence-corrected chi connectivity index (χ2v) is 6.79. The lowest BCUT2D eigenvalue weighted by molar-refractivity contribution is -0.120. The summed E-state index contributed by atoms with van der Waals surface area (Å²) in [5.41, 5.74) is 3.76. The largest absolute Gasteiger partial charge is 0.361 e. The van der Waals surface area contributed by atoms with Crippen LogP contribution in [0.3, 0.4) is 0 Å². The summed E-state index contributed by atoms with van der Waals surface area (Å²) < 4.78 is 13.6. The SMILES string of the molecule is Cc1ccc(NC(=O)C(C)(C)c2c[nH]c3ccc(F)cc23)c(C)c1. The number of carbonyl (C=O) groups is 1. The summed E-state index contributed by atoms with van der Waals surface area (Å²) in [6.07, 6.45) is 1.78. The molecule has 3 aromatic rings. The Hall–Kier alpha value is -2.62. The minimum Gasteiger partial charge on any atom is -0.361 e. The van der Waals surface area contributed by atoms with Crippen LogP contribution in [0.25, 0.3) is 10.9 Å². The number of aromatic amines is 1. The molecule has 1 amide bonds. The van der Waals surface area contributed by atoms with Crippen LogP contribution in [-0.2, 0) is 10.2 Å². The molecular formula is C20H21FN2O. The third-order valence-corrected chi connectivity index (χ3v) is 4.51. The van der Waals surface area contributed by atoms with Crippen molar-refractivity contribution in [2.75, 3.05) is 5.32 Å². The molecule has 2 aromatic carbocycles. The lowest BCUT2D eigenvalue weighted by atomic mass is 9.83. The van der Waals surface area contributed by atoms with Crippen molar-refractivity contribution in [1.82, 2.24) is 4.98 Å². The molecule has 3 nitrogen and oxygen atoms in total. The van der Waals surface area contributed by atoms with Crippen LogP contribution < -0.4 is 5.32 Å². The van der Waals surface area contributed by atoms with Gasteiger partial charge in [0.05, 0.1) is 5.41 Å². The van der Waals surface area contributed by atoms with E-state index in [2.05, 4.69) is 10.3 Å². The maximum absolute atomic E-state index is 13.6. The number of H-pyrrole nitrogens is 1. The third-order valence-electron chi connectivity index (χ3n) is 4.51. The predicted octanol–water partition coefficient (Wildman–Crippen LogP) is 4.84. The minimum atomic E-state index is -0.802. The molecule has 0 aliphatic heterocycles. The van der Waals surface area contributed by atoms with E-state index < -0.39 is 5.41 Å². The summed E-state index contributed by atoms with van der Waals surface area (Å²) in [5, 5.41) is 3.73. The number of amides is 1. The molecule has 1 aromatic heterocycles. The zero-order chi connectivity index (χ0) is 17.5. The monoisotopic (exact) mass is 324 g/mol. The minimum absolute atomic E-state index is 0.125. The van der Waals surface area contributed by atoms with Crippen molar-refractivity contribution < 1.29 is 9.18 Å². The van der Waals surface area contributed by atoms with E-state index in [1.807, 2.05) is 45.9 Å². The molecule has 4 heteroatoms. The van der Waals surface area contributed by atoms with E-state index in [1.165, 1.54) is 12.1 Å². The van der Waals surface area contributed by atoms with Crippen molar-refractivity contribution in [3.8, 4) is 0 Å². The van der Waals surface area contributed by atoms with E-state index in [9.17, 15) is 9.18 Å². The van der Waals surface area contributed by atoms with E-state index in [0.717, 1.165) is 33.3 Å². The molecule has 0 saturated carbocycles. The molecule has 0 spiro atoms. The van der Waals surface area contributed by atoms with Crippen LogP contribution in [0.2, 0.25) is 0 Å². The Labute approximate surface area is 140 Å². The highest BCUT2D eigenvalue weighted by atomic mass is 19.1. The fraction of sp³-hybridized carbons (Fsp3) is 0.250. The average molecular weight is 324 g/mol. The lowest BCUT2D eigenvalue weighted by Crippen LogP contribution is -2.34. The van der Waals surface area contributed by atoms with Gasteiger partial charge in [0, 0.05) is 22.8 Å². The van der Waals surface area contributed by atoms with Gasteiger partial charge in [0.25, 0.3) is 0 Å². The Balaban J connectivity index is 1.96. The van der Waals surface area contributed by atoms with Gasteiger partial charge < -0.3 is 10.3 Å². The van der Waals surface area contributed by atoms with Gasteiger partial charge in [0.15, 0.2) is 0 Å². The number of hydrogen-bond donors (Lipinski definition) is 2. The summed E-state index contributed by atoms with van der Waals surface area (Å²) in [4.78, 5) is 16.0. The maximum Gasteiger partial charge on any atom is 0.234 e. The first-order chi connectivity index (χ1) is 11.3. The lowest BCUT2D eigenvalue weighted by Gasteiger charge is -2.24. The van der Waals surface area contributed by atoms with Crippen molar-refractivity contribution in [2.24, 2.45) is 0 Å². The number of carbonyl (C=O) groups excluding carboxylic acids is 1. The zero-order valence-electron chi connectivity index (χ0n) is 14.3. The van der Waals surface area contributed by atoms with Crippen molar-refractivity contribution >= 4 is 22.5 Å². The summed E-state index contributed by atoms with van der Waals surface area (Å²) >= 11 is 0. The number of nitrogens with one attached hydrogen (secondary N) is 2. The van der Waals surface area contributed by atoms with Gasteiger partial charge in [-0.3, -0.25) is 4.79 Å². The Morgan fingerprint density at radius 3 is 2.58 bits per heavy atom. The first-order valence-electron chi connectivity index (χ1n) is 7.95. The van der Waals surface area contributed by atoms with Gasteiger partial charge in [-0.15, -0.1) is 0 Å². The van der Waals surface area contributed by atoms with Crippen LogP contribution in [0.5, 0.6) is 0 Å². The quantitative estimate of drug-likeness (QED) is 0.711. The molecule has 0 unspecified atom stereocenters. The molecule has 0 fully saturated rings. The number of hydrogen-bond acceptors (Lipinski definition) is 1. The second kappa shape index (κ2) is 5.78. The van der Waals surface area contributed by atoms with Gasteiger partial charge >= 0.3 is 0 Å². The van der Waals surface area contributed by atoms with Crippen molar-refractivity contribution in [3.63, 3.8) is 0 Å². The number of benzene rings is 2. The van der Waals surface area contributed by atoms with Crippen LogP contribution in [0.1, 0.15) is 30.5 Å². The molecule has 24 heavy (non-hydrogen) atoms. The number of aryl methyl sites for hydroxylation is 2. The van der Waals surface area contributed by atoms with Crippen LogP contribution in [0, 0.1) is 19.7 Å². The average Bonchev–Trinajstić information content (AvgIpc) is 2.93. The number of aromatic nitrogens is 1. The predicted molar refractivity (Wildman–Crippen MR) is 95.8 cm³/mol. The molecule has 0 saturated heterocycles. The summed E-state index contributed by atoms with van der Waals surface area (Å²) in [6.45, 7) is 7.68. The van der Waals surface area contributed by atoms with Gasteiger partial charge in [-0.2, -0.15) is 0 Å². The highest BCUT2D eigenvalue weighted by Gasteiger charge is 2.32. The Morgan fingerprint density at radius 1 is 1.12 bits per heavy atom. The van der Waals surface area contributed by atoms with E-state index in [1.54, 1.807) is 12.3 Å². The van der Waals surface area contributed by atoms with E-state index in [-0.39, 0.29) is 11.7 Å². The number of anilines is 1. The zero-order valence-corrected chi connectivity index (χ0v) is 14.3. The third kappa shape index (κ3) is 2.80. The van der Waals surface area contributed by atoms with Gasteiger partial charge in [-0.1, -0.05) is 17.7 Å². The molecule has 0 radical (unpaired) electrons. The molecule has 124 valence electrons. The number of fused-ring (bicyclic) bond motifs is 1. The van der Waals surface area contributed by atoms with Gasteiger partial charge in [-0.05, 0) is 63.1 Å². The van der Waals surface area contributed by atoms with Gasteiger partial charge in [-0.25, -0.2) is 4.39 Å². The van der Waals surface area contributed by atoms with E-state index >= 15 is 0 Å². The molecule has 0 aliphatic rings. The van der Waals surface area contributed by atoms with Crippen LogP contribution in [-0.4, -0.2) is 10.9 Å². The van der Waals surface area contributed by atoms with Crippen LogP contribution in [0.15, 0.2) is 42.6 Å². The van der Waals surface area contributed by atoms with Crippen LogP contribution >= 0.6 is 0 Å². The first-order valence-corrected chi connectivity index (χ1v) is 7.95. The van der Waals surface area contributed by atoms with E-state index in [4.69, 9.17) is 0 Å². The summed E-state index contributed by atoms with van der Waals surface area (Å²) in [5.74, 6) is -0.437. The van der Waals surface area contributed by atoms with Crippen molar-refractivity contribution in [2.45, 2.75) is 33.1 Å². The summed E-state index contributed by atoms with van der Waals surface area (Å²) in [6, 6.07) is 10.5. The highest BCUT2D eigenvalue weighted by molar-refractivity contribution is 6.02. The van der Waals surface area contributed by atoms with Gasteiger partial charge in [0.1, 0.15) is 5.82 Å². The molecular weight excluding hydrogens is 303 g/mol. The summed E-state index contributed by atoms with van der Waals surface area (Å²) in [7, 11) is 0. The normalized spacial score (nSPS) is 11.7. The maximum atomic E-state index is 13.6.